The molecule has 1 aromatic heterocycles. The lowest BCUT2D eigenvalue weighted by atomic mass is 10.1. The maximum atomic E-state index is 12.3. The highest BCUT2D eigenvalue weighted by Gasteiger charge is 2.19. The zero-order valence-electron chi connectivity index (χ0n) is 13.6. The molecule has 1 aliphatic rings. The van der Waals surface area contributed by atoms with Gasteiger partial charge in [0.05, 0.1) is 5.75 Å². The zero-order chi connectivity index (χ0) is 17.6. The second-order valence-electron chi connectivity index (χ2n) is 5.67. The molecule has 0 radical (unpaired) electrons. The first-order valence-corrected chi connectivity index (χ1v) is 9.79. The van der Waals surface area contributed by atoms with E-state index in [0.717, 1.165) is 31.5 Å². The van der Waals surface area contributed by atoms with Gasteiger partial charge in [0.15, 0.2) is 4.34 Å². The summed E-state index contributed by atoms with van der Waals surface area (Å²) in [5, 5.41) is 10.8. The lowest BCUT2D eigenvalue weighted by Gasteiger charge is -2.15. The number of nitrogen functional groups attached to an aromatic ring is 1. The van der Waals surface area contributed by atoms with Gasteiger partial charge in [0.2, 0.25) is 11.0 Å². The minimum Gasteiger partial charge on any atom is -0.374 e. The molecule has 3 rings (SSSR count). The maximum Gasteiger partial charge on any atom is 0.253 e. The summed E-state index contributed by atoms with van der Waals surface area (Å²) in [6.07, 6.45) is 2.16. The van der Waals surface area contributed by atoms with Crippen molar-refractivity contribution in [2.24, 2.45) is 0 Å². The van der Waals surface area contributed by atoms with Gasteiger partial charge in [-0.05, 0) is 30.5 Å². The molecule has 1 fully saturated rings. The van der Waals surface area contributed by atoms with Gasteiger partial charge < -0.3 is 16.0 Å². The third-order valence-electron chi connectivity index (χ3n) is 3.83. The molecule has 7 nitrogen and oxygen atoms in total. The number of likely N-dealkylation sites (tertiary alicyclic amines) is 1. The molecular formula is C16H19N5O2S2. The SMILES string of the molecule is Nc1nnc(SCC(=O)NCc2ccc(C(=O)N3CCCC3)cc2)s1. The zero-order valence-corrected chi connectivity index (χ0v) is 15.2. The van der Waals surface area contributed by atoms with Gasteiger partial charge in [0, 0.05) is 25.2 Å². The number of hydrogen-bond acceptors (Lipinski definition) is 7. The Morgan fingerprint density at radius 1 is 1.20 bits per heavy atom. The van der Waals surface area contributed by atoms with Crippen molar-refractivity contribution in [2.75, 3.05) is 24.6 Å². The summed E-state index contributed by atoms with van der Waals surface area (Å²) in [6, 6.07) is 7.39. The average molecular weight is 377 g/mol. The van der Waals surface area contributed by atoms with Crippen LogP contribution in [0.4, 0.5) is 5.13 Å². The largest absolute Gasteiger partial charge is 0.374 e. The third kappa shape index (κ3) is 4.93. The summed E-state index contributed by atoms with van der Waals surface area (Å²) in [7, 11) is 0. The number of rotatable bonds is 6. The number of thioether (sulfide) groups is 1. The molecule has 2 amide bonds. The predicted molar refractivity (Wildman–Crippen MR) is 98.5 cm³/mol. The lowest BCUT2D eigenvalue weighted by Crippen LogP contribution is -2.27. The highest BCUT2D eigenvalue weighted by Crippen LogP contribution is 2.23. The predicted octanol–water partition coefficient (Wildman–Crippen LogP) is 1.76. The van der Waals surface area contributed by atoms with E-state index in [1.54, 1.807) is 0 Å². The molecule has 1 saturated heterocycles. The van der Waals surface area contributed by atoms with Gasteiger partial charge in [-0.2, -0.15) is 0 Å². The molecule has 0 atom stereocenters. The number of benzene rings is 1. The van der Waals surface area contributed by atoms with Crippen molar-refractivity contribution in [1.82, 2.24) is 20.4 Å². The molecule has 0 saturated carbocycles. The number of nitrogens with two attached hydrogens (primary N) is 1. The van der Waals surface area contributed by atoms with Gasteiger partial charge in [-0.1, -0.05) is 35.2 Å². The van der Waals surface area contributed by atoms with E-state index in [1.807, 2.05) is 29.2 Å². The van der Waals surface area contributed by atoms with Crippen molar-refractivity contribution in [1.29, 1.82) is 0 Å². The summed E-state index contributed by atoms with van der Waals surface area (Å²) in [5.74, 6) is 0.261. The van der Waals surface area contributed by atoms with E-state index in [2.05, 4.69) is 15.5 Å². The van der Waals surface area contributed by atoms with Crippen LogP contribution in [0.5, 0.6) is 0 Å². The van der Waals surface area contributed by atoms with Crippen LogP contribution in [-0.4, -0.2) is 45.8 Å². The van der Waals surface area contributed by atoms with Crippen molar-refractivity contribution in [2.45, 2.75) is 23.7 Å². The highest BCUT2D eigenvalue weighted by atomic mass is 32.2. The van der Waals surface area contributed by atoms with Crippen molar-refractivity contribution in [3.05, 3.63) is 35.4 Å². The minimum absolute atomic E-state index is 0.0841. The molecule has 3 N–H and O–H groups in total. The number of carbonyl (C=O) groups is 2. The Morgan fingerprint density at radius 2 is 1.92 bits per heavy atom. The number of amides is 2. The fourth-order valence-electron chi connectivity index (χ4n) is 2.53. The van der Waals surface area contributed by atoms with Gasteiger partial charge in [-0.15, -0.1) is 10.2 Å². The molecular weight excluding hydrogens is 358 g/mol. The Morgan fingerprint density at radius 3 is 2.56 bits per heavy atom. The number of nitrogens with one attached hydrogen (secondary N) is 1. The molecule has 9 heteroatoms. The number of hydrogen-bond donors (Lipinski definition) is 2. The smallest absolute Gasteiger partial charge is 0.253 e. The fourth-order valence-corrected chi connectivity index (χ4v) is 3.99. The summed E-state index contributed by atoms with van der Waals surface area (Å²) >= 11 is 2.57. The standard InChI is InChI=1S/C16H19N5O2S2/c17-15-19-20-16(25-15)24-10-13(22)18-9-11-3-5-12(6-4-11)14(23)21-7-1-2-8-21/h3-6H,1-2,7-10H2,(H2,17,19)(H,18,22). The summed E-state index contributed by atoms with van der Waals surface area (Å²) in [4.78, 5) is 26.0. The second kappa shape index (κ2) is 8.30. The maximum absolute atomic E-state index is 12.3. The second-order valence-corrected chi connectivity index (χ2v) is 7.90. The Labute approximate surface area is 154 Å². The molecule has 0 unspecified atom stereocenters. The molecule has 1 aromatic carbocycles. The minimum atomic E-state index is -0.0870. The summed E-state index contributed by atoms with van der Waals surface area (Å²) in [6.45, 7) is 2.11. The fraction of sp³-hybridized carbons (Fsp3) is 0.375. The van der Waals surface area contributed by atoms with Crippen molar-refractivity contribution in [3.63, 3.8) is 0 Å². The molecule has 2 aromatic rings. The first kappa shape index (κ1) is 17.7. The van der Waals surface area contributed by atoms with E-state index >= 15 is 0 Å². The Balaban J connectivity index is 1.44. The van der Waals surface area contributed by atoms with Crippen LogP contribution >= 0.6 is 23.1 Å². The van der Waals surface area contributed by atoms with Gasteiger partial charge in [0.1, 0.15) is 0 Å². The molecule has 2 heterocycles. The van der Waals surface area contributed by atoms with Crippen molar-refractivity contribution in [3.8, 4) is 0 Å². The van der Waals surface area contributed by atoms with Gasteiger partial charge in [-0.25, -0.2) is 0 Å². The van der Waals surface area contributed by atoms with Crippen LogP contribution in [0, 0.1) is 0 Å². The van der Waals surface area contributed by atoms with Crippen molar-refractivity contribution < 1.29 is 9.59 Å². The van der Waals surface area contributed by atoms with Gasteiger partial charge in [0.25, 0.3) is 5.91 Å². The molecule has 132 valence electrons. The van der Waals surface area contributed by atoms with E-state index in [1.165, 1.54) is 23.1 Å². The van der Waals surface area contributed by atoms with E-state index in [9.17, 15) is 9.59 Å². The first-order valence-electron chi connectivity index (χ1n) is 7.98. The van der Waals surface area contributed by atoms with Crippen LogP contribution < -0.4 is 11.1 Å². The number of carbonyl (C=O) groups excluding carboxylic acids is 2. The van der Waals surface area contributed by atoms with Crippen LogP contribution in [0.25, 0.3) is 0 Å². The van der Waals surface area contributed by atoms with E-state index in [4.69, 9.17) is 5.73 Å². The third-order valence-corrected chi connectivity index (χ3v) is 5.72. The van der Waals surface area contributed by atoms with Crippen LogP contribution in [0.1, 0.15) is 28.8 Å². The molecule has 25 heavy (non-hydrogen) atoms. The molecule has 1 aliphatic heterocycles. The lowest BCUT2D eigenvalue weighted by molar-refractivity contribution is -0.118. The van der Waals surface area contributed by atoms with E-state index < -0.39 is 0 Å². The van der Waals surface area contributed by atoms with Crippen LogP contribution in [-0.2, 0) is 11.3 Å². The Hall–Kier alpha value is -2.13. The number of aromatic nitrogens is 2. The normalized spacial score (nSPS) is 13.8. The quantitative estimate of drug-likeness (QED) is 0.744. The van der Waals surface area contributed by atoms with Gasteiger partial charge >= 0.3 is 0 Å². The van der Waals surface area contributed by atoms with E-state index in [0.29, 0.717) is 21.6 Å². The Kier molecular flexibility index (Phi) is 5.87. The topological polar surface area (TPSA) is 101 Å². The van der Waals surface area contributed by atoms with Crippen LogP contribution in [0.2, 0.25) is 0 Å². The van der Waals surface area contributed by atoms with E-state index in [-0.39, 0.29) is 17.6 Å². The molecule has 0 spiro atoms. The number of anilines is 1. The molecule has 0 bridgehead atoms. The summed E-state index contributed by atoms with van der Waals surface area (Å²) in [5.41, 5.74) is 7.15. The Bertz CT molecular complexity index is 741. The number of nitrogens with zero attached hydrogens (tertiary/aromatic N) is 3. The monoisotopic (exact) mass is 377 g/mol. The highest BCUT2D eigenvalue weighted by molar-refractivity contribution is 8.01. The van der Waals surface area contributed by atoms with Crippen LogP contribution in [0.15, 0.2) is 28.6 Å². The first-order chi connectivity index (χ1) is 12.1. The summed E-state index contributed by atoms with van der Waals surface area (Å²) < 4.78 is 0.678. The van der Waals surface area contributed by atoms with Gasteiger partial charge in [-0.3, -0.25) is 9.59 Å². The molecule has 0 aliphatic carbocycles. The van der Waals surface area contributed by atoms with Crippen molar-refractivity contribution >= 4 is 40.0 Å². The average Bonchev–Trinajstić information content (AvgIpc) is 3.30. The van der Waals surface area contributed by atoms with Crippen LogP contribution in [0.3, 0.4) is 0 Å².